The zero-order valence-electron chi connectivity index (χ0n) is 16.3. The number of likely N-dealkylation sites (tertiary alicyclic amines) is 1. The Kier molecular flexibility index (Phi) is 5.74. The van der Waals surface area contributed by atoms with Crippen LogP contribution in [-0.4, -0.2) is 47.3 Å². The van der Waals surface area contributed by atoms with Crippen molar-refractivity contribution in [2.45, 2.75) is 25.9 Å². The lowest BCUT2D eigenvalue weighted by atomic mass is 10.1. The van der Waals surface area contributed by atoms with Crippen molar-refractivity contribution in [2.75, 3.05) is 31.6 Å². The van der Waals surface area contributed by atoms with Crippen molar-refractivity contribution >= 4 is 16.5 Å². The molecule has 0 spiro atoms. The molecule has 0 aliphatic carbocycles. The van der Waals surface area contributed by atoms with Gasteiger partial charge < -0.3 is 15.2 Å². The summed E-state index contributed by atoms with van der Waals surface area (Å²) in [5, 5.41) is 15.1. The molecule has 0 radical (unpaired) electrons. The first-order valence-electron chi connectivity index (χ1n) is 9.88. The lowest BCUT2D eigenvalue weighted by Crippen LogP contribution is -2.26. The molecule has 0 saturated carbocycles. The van der Waals surface area contributed by atoms with Crippen LogP contribution in [0.5, 0.6) is 5.75 Å². The average Bonchev–Trinajstić information content (AvgIpc) is 3.15. The van der Waals surface area contributed by atoms with E-state index in [1.54, 1.807) is 0 Å². The van der Waals surface area contributed by atoms with Crippen molar-refractivity contribution in [1.82, 2.24) is 9.88 Å². The summed E-state index contributed by atoms with van der Waals surface area (Å²) >= 11 is 0. The second-order valence-electron chi connectivity index (χ2n) is 7.44. The Hall–Kier alpha value is -2.63. The third kappa shape index (κ3) is 4.26. The van der Waals surface area contributed by atoms with Crippen LogP contribution in [-0.2, 0) is 6.54 Å². The van der Waals surface area contributed by atoms with Gasteiger partial charge in [-0.25, -0.2) is 0 Å². The highest BCUT2D eigenvalue weighted by Crippen LogP contribution is 2.26. The second kappa shape index (κ2) is 8.59. The normalized spacial score (nSPS) is 17.1. The highest BCUT2D eigenvalue weighted by molar-refractivity contribution is 5.93. The first-order chi connectivity index (χ1) is 13.7. The fourth-order valence-electron chi connectivity index (χ4n) is 3.87. The number of aliphatic hydroxyl groups excluding tert-OH is 1. The number of ether oxygens (including phenoxy) is 1. The molecule has 1 aliphatic heterocycles. The van der Waals surface area contributed by atoms with E-state index in [1.165, 1.54) is 16.6 Å². The van der Waals surface area contributed by atoms with E-state index < -0.39 is 0 Å². The van der Waals surface area contributed by atoms with Crippen LogP contribution in [0.15, 0.2) is 54.9 Å². The lowest BCUT2D eigenvalue weighted by Gasteiger charge is -2.19. The SMILES string of the molecule is Cc1ccc(CN2CC[C@@H](Nc3cccc4cnccc34)C2)cc1OCCO. The molecule has 5 heteroatoms. The molecule has 5 nitrogen and oxygen atoms in total. The minimum atomic E-state index is 0.0351. The predicted octanol–water partition coefficient (Wildman–Crippen LogP) is 3.60. The minimum Gasteiger partial charge on any atom is -0.491 e. The van der Waals surface area contributed by atoms with Gasteiger partial charge in [-0.2, -0.15) is 0 Å². The maximum absolute atomic E-state index is 8.99. The highest BCUT2D eigenvalue weighted by atomic mass is 16.5. The van der Waals surface area contributed by atoms with Gasteiger partial charge in [0.2, 0.25) is 0 Å². The van der Waals surface area contributed by atoms with E-state index in [2.05, 4.69) is 57.7 Å². The average molecular weight is 377 g/mol. The first-order valence-corrected chi connectivity index (χ1v) is 9.88. The summed E-state index contributed by atoms with van der Waals surface area (Å²) in [6.07, 6.45) is 4.89. The number of rotatable bonds is 7. The second-order valence-corrected chi connectivity index (χ2v) is 7.44. The Balaban J connectivity index is 1.39. The summed E-state index contributed by atoms with van der Waals surface area (Å²) in [5.41, 5.74) is 3.53. The van der Waals surface area contributed by atoms with E-state index in [4.69, 9.17) is 9.84 Å². The van der Waals surface area contributed by atoms with Gasteiger partial charge in [-0.05, 0) is 42.7 Å². The summed E-state index contributed by atoms with van der Waals surface area (Å²) < 4.78 is 5.65. The number of hydrogen-bond donors (Lipinski definition) is 2. The maximum Gasteiger partial charge on any atom is 0.122 e. The summed E-state index contributed by atoms with van der Waals surface area (Å²) in [6, 6.07) is 15.2. The van der Waals surface area contributed by atoms with Gasteiger partial charge in [0.25, 0.3) is 0 Å². The van der Waals surface area contributed by atoms with Crippen molar-refractivity contribution in [2.24, 2.45) is 0 Å². The molecule has 4 rings (SSSR count). The van der Waals surface area contributed by atoms with E-state index in [0.29, 0.717) is 12.6 Å². The fourth-order valence-corrected chi connectivity index (χ4v) is 3.87. The lowest BCUT2D eigenvalue weighted by molar-refractivity contribution is 0.200. The number of anilines is 1. The number of benzene rings is 2. The van der Waals surface area contributed by atoms with Crippen LogP contribution in [0.2, 0.25) is 0 Å². The molecule has 0 unspecified atom stereocenters. The monoisotopic (exact) mass is 377 g/mol. The van der Waals surface area contributed by atoms with Crippen LogP contribution in [0.4, 0.5) is 5.69 Å². The van der Waals surface area contributed by atoms with Crippen molar-refractivity contribution in [3.63, 3.8) is 0 Å². The van der Waals surface area contributed by atoms with Crippen LogP contribution < -0.4 is 10.1 Å². The van der Waals surface area contributed by atoms with E-state index in [0.717, 1.165) is 42.8 Å². The summed E-state index contributed by atoms with van der Waals surface area (Å²) in [5.74, 6) is 0.866. The number of hydrogen-bond acceptors (Lipinski definition) is 5. The number of nitrogens with zero attached hydrogens (tertiary/aromatic N) is 2. The Morgan fingerprint density at radius 3 is 3.07 bits per heavy atom. The molecule has 1 fully saturated rings. The third-order valence-corrected chi connectivity index (χ3v) is 5.32. The third-order valence-electron chi connectivity index (χ3n) is 5.32. The zero-order chi connectivity index (χ0) is 19.3. The summed E-state index contributed by atoms with van der Waals surface area (Å²) in [7, 11) is 0. The molecule has 146 valence electrons. The molecule has 0 bridgehead atoms. The van der Waals surface area contributed by atoms with Crippen LogP contribution in [0.25, 0.3) is 10.8 Å². The smallest absolute Gasteiger partial charge is 0.122 e. The molecular weight excluding hydrogens is 350 g/mol. The number of aromatic nitrogens is 1. The number of aliphatic hydroxyl groups is 1. The van der Waals surface area contributed by atoms with E-state index in [9.17, 15) is 0 Å². The first kappa shape index (κ1) is 18.7. The quantitative estimate of drug-likeness (QED) is 0.659. The summed E-state index contributed by atoms with van der Waals surface area (Å²) in [4.78, 5) is 6.69. The number of nitrogens with one attached hydrogen (secondary N) is 1. The molecule has 2 aromatic carbocycles. The maximum atomic E-state index is 8.99. The minimum absolute atomic E-state index is 0.0351. The van der Waals surface area contributed by atoms with Gasteiger partial charge >= 0.3 is 0 Å². The molecule has 0 amide bonds. The molecule has 1 aliphatic rings. The number of fused-ring (bicyclic) bond motifs is 1. The van der Waals surface area contributed by atoms with Crippen molar-refractivity contribution in [3.05, 3.63) is 66.0 Å². The molecule has 28 heavy (non-hydrogen) atoms. The largest absolute Gasteiger partial charge is 0.491 e. The van der Waals surface area contributed by atoms with Gasteiger partial charge in [0.15, 0.2) is 0 Å². The molecule has 1 atom stereocenters. The van der Waals surface area contributed by atoms with E-state index in [1.807, 2.05) is 19.3 Å². The molecule has 2 N–H and O–H groups in total. The Morgan fingerprint density at radius 2 is 2.18 bits per heavy atom. The van der Waals surface area contributed by atoms with Gasteiger partial charge in [-0.3, -0.25) is 9.88 Å². The van der Waals surface area contributed by atoms with Crippen LogP contribution in [0.3, 0.4) is 0 Å². The molecule has 3 aromatic rings. The topological polar surface area (TPSA) is 57.6 Å². The number of pyridine rings is 1. The molecular formula is C23H27N3O2. The van der Waals surface area contributed by atoms with Gasteiger partial charge in [0.1, 0.15) is 12.4 Å². The summed E-state index contributed by atoms with van der Waals surface area (Å²) in [6.45, 7) is 5.40. The van der Waals surface area contributed by atoms with Crippen molar-refractivity contribution in [1.29, 1.82) is 0 Å². The Morgan fingerprint density at radius 1 is 1.25 bits per heavy atom. The highest BCUT2D eigenvalue weighted by Gasteiger charge is 2.23. The van der Waals surface area contributed by atoms with Gasteiger partial charge in [-0.1, -0.05) is 24.3 Å². The molecule has 1 saturated heterocycles. The molecule has 1 aromatic heterocycles. The van der Waals surface area contributed by atoms with E-state index in [-0.39, 0.29) is 6.61 Å². The van der Waals surface area contributed by atoms with Crippen LogP contribution in [0, 0.1) is 6.92 Å². The fraction of sp³-hybridized carbons (Fsp3) is 0.348. The zero-order valence-corrected chi connectivity index (χ0v) is 16.3. The van der Waals surface area contributed by atoms with Crippen LogP contribution >= 0.6 is 0 Å². The van der Waals surface area contributed by atoms with Gasteiger partial charge in [0.05, 0.1) is 6.61 Å². The Bertz CT molecular complexity index is 939. The standard InChI is InChI=1S/C23H27N3O2/c1-17-5-6-18(13-23(17)28-12-11-27)15-26-10-8-20(16-26)25-22-4-2-3-19-14-24-9-7-21(19)22/h2-7,9,13-14,20,25,27H,8,10-12,15-16H2,1H3/t20-/m1/s1. The van der Waals surface area contributed by atoms with E-state index >= 15 is 0 Å². The number of aryl methyl sites for hydroxylation is 1. The van der Waals surface area contributed by atoms with Gasteiger partial charge in [0, 0.05) is 54.5 Å². The predicted molar refractivity (Wildman–Crippen MR) is 113 cm³/mol. The van der Waals surface area contributed by atoms with Crippen molar-refractivity contribution < 1.29 is 9.84 Å². The van der Waals surface area contributed by atoms with Crippen LogP contribution in [0.1, 0.15) is 17.5 Å². The van der Waals surface area contributed by atoms with Crippen molar-refractivity contribution in [3.8, 4) is 5.75 Å². The Labute approximate surface area is 166 Å². The van der Waals surface area contributed by atoms with Gasteiger partial charge in [-0.15, -0.1) is 0 Å². The molecule has 2 heterocycles.